The fraction of sp³-hybridized carbons (Fsp3) is 0.588. The minimum atomic E-state index is -4.74. The van der Waals surface area contributed by atoms with Gasteiger partial charge in [0.05, 0.1) is 10.5 Å². The maximum absolute atomic E-state index is 12.8. The average molecular weight is 389 g/mol. The standard InChI is InChI=1S/C17H22F3N3O4/c1-16(2,3)22(12-5-4-8-21-10-12)15(24)27-14-7-6-11(17(18,19)20)9-13(14)23(25)26/h6-7,9,12,21H,4-5,8,10H2,1-3H3/t12-/m0/s1. The minimum absolute atomic E-state index is 0.181. The first-order chi connectivity index (χ1) is 12.4. The second kappa shape index (κ2) is 7.71. The number of halogens is 3. The molecule has 1 amide bonds. The minimum Gasteiger partial charge on any atom is -0.403 e. The number of nitro benzene ring substituents is 1. The van der Waals surface area contributed by atoms with E-state index in [-0.39, 0.29) is 6.04 Å². The van der Waals surface area contributed by atoms with E-state index in [1.165, 1.54) is 4.90 Å². The van der Waals surface area contributed by atoms with Crippen LogP contribution < -0.4 is 10.1 Å². The van der Waals surface area contributed by atoms with Crippen molar-refractivity contribution in [1.82, 2.24) is 10.2 Å². The van der Waals surface area contributed by atoms with Crippen LogP contribution in [0.5, 0.6) is 5.75 Å². The molecule has 0 aliphatic carbocycles. The number of piperidine rings is 1. The lowest BCUT2D eigenvalue weighted by atomic mass is 9.99. The van der Waals surface area contributed by atoms with Crippen molar-refractivity contribution in [1.29, 1.82) is 0 Å². The molecule has 1 aliphatic rings. The van der Waals surface area contributed by atoms with Crippen molar-refractivity contribution in [2.24, 2.45) is 0 Å². The smallest absolute Gasteiger partial charge is 0.403 e. The fourth-order valence-electron chi connectivity index (χ4n) is 3.09. The highest BCUT2D eigenvalue weighted by molar-refractivity contribution is 5.73. The number of ether oxygens (including phenoxy) is 1. The molecule has 2 rings (SSSR count). The molecule has 1 saturated heterocycles. The summed E-state index contributed by atoms with van der Waals surface area (Å²) in [7, 11) is 0. The Morgan fingerprint density at radius 1 is 1.33 bits per heavy atom. The summed E-state index contributed by atoms with van der Waals surface area (Å²) in [6, 6.07) is 1.64. The summed E-state index contributed by atoms with van der Waals surface area (Å²) in [5.74, 6) is -0.518. The zero-order chi connectivity index (χ0) is 20.4. The molecule has 0 bridgehead atoms. The number of alkyl halides is 3. The predicted molar refractivity (Wildman–Crippen MR) is 91.6 cm³/mol. The summed E-state index contributed by atoms with van der Waals surface area (Å²) in [6.45, 7) is 6.76. The summed E-state index contributed by atoms with van der Waals surface area (Å²) in [5, 5.41) is 14.4. The van der Waals surface area contributed by atoms with Crippen LogP contribution in [0, 0.1) is 10.1 Å². The van der Waals surface area contributed by atoms with Crippen LogP contribution in [0.4, 0.5) is 23.7 Å². The van der Waals surface area contributed by atoms with Crippen molar-refractivity contribution in [2.45, 2.75) is 51.4 Å². The first-order valence-electron chi connectivity index (χ1n) is 8.49. The molecule has 150 valence electrons. The maximum Gasteiger partial charge on any atom is 0.416 e. The number of amides is 1. The summed E-state index contributed by atoms with van der Waals surface area (Å²) in [5.41, 5.74) is -2.73. The van der Waals surface area contributed by atoms with Gasteiger partial charge in [-0.05, 0) is 52.3 Å². The van der Waals surface area contributed by atoms with Crippen molar-refractivity contribution in [3.8, 4) is 5.75 Å². The van der Waals surface area contributed by atoms with Gasteiger partial charge in [0.15, 0.2) is 0 Å². The van der Waals surface area contributed by atoms with E-state index in [0.717, 1.165) is 25.5 Å². The van der Waals surface area contributed by atoms with Gasteiger partial charge in [0.1, 0.15) is 0 Å². The lowest BCUT2D eigenvalue weighted by molar-refractivity contribution is -0.385. The zero-order valence-electron chi connectivity index (χ0n) is 15.3. The van der Waals surface area contributed by atoms with Crippen molar-refractivity contribution >= 4 is 11.8 Å². The molecule has 0 spiro atoms. The van der Waals surface area contributed by atoms with Gasteiger partial charge in [-0.15, -0.1) is 0 Å². The van der Waals surface area contributed by atoms with Crippen LogP contribution in [-0.2, 0) is 6.18 Å². The van der Waals surface area contributed by atoms with Crippen LogP contribution in [-0.4, -0.2) is 40.6 Å². The summed E-state index contributed by atoms with van der Waals surface area (Å²) in [6.07, 6.45) is -3.99. The average Bonchev–Trinajstić information content (AvgIpc) is 2.53. The number of nitro groups is 1. The Bertz CT molecular complexity index is 710. The molecule has 27 heavy (non-hydrogen) atoms. The molecule has 0 unspecified atom stereocenters. The van der Waals surface area contributed by atoms with Crippen LogP contribution in [0.1, 0.15) is 39.2 Å². The van der Waals surface area contributed by atoms with Crippen LogP contribution in [0.3, 0.4) is 0 Å². The predicted octanol–water partition coefficient (Wildman–Crippen LogP) is 3.96. The van der Waals surface area contributed by atoms with E-state index < -0.39 is 39.7 Å². The molecule has 1 aromatic rings. The third kappa shape index (κ3) is 5.09. The number of hydrogen-bond donors (Lipinski definition) is 1. The number of nitrogens with zero attached hydrogens (tertiary/aromatic N) is 2. The lowest BCUT2D eigenvalue weighted by Crippen LogP contribution is -2.57. The van der Waals surface area contributed by atoms with E-state index >= 15 is 0 Å². The molecule has 7 nitrogen and oxygen atoms in total. The van der Waals surface area contributed by atoms with Gasteiger partial charge in [-0.3, -0.25) is 15.0 Å². The Morgan fingerprint density at radius 3 is 2.48 bits per heavy atom. The molecule has 1 N–H and O–H groups in total. The number of benzene rings is 1. The second-order valence-electron chi connectivity index (χ2n) is 7.35. The topological polar surface area (TPSA) is 84.7 Å². The zero-order valence-corrected chi connectivity index (χ0v) is 15.3. The van der Waals surface area contributed by atoms with E-state index in [0.29, 0.717) is 18.7 Å². The molecule has 0 aromatic heterocycles. The number of carbonyl (C=O) groups is 1. The van der Waals surface area contributed by atoms with E-state index in [9.17, 15) is 28.1 Å². The SMILES string of the molecule is CC(C)(C)N(C(=O)Oc1ccc(C(F)(F)F)cc1[N+](=O)[O-])[C@H]1CCCNC1. The second-order valence-corrected chi connectivity index (χ2v) is 7.35. The molecule has 1 atom stereocenters. The van der Waals surface area contributed by atoms with Crippen LogP contribution in [0.15, 0.2) is 18.2 Å². The highest BCUT2D eigenvalue weighted by Crippen LogP contribution is 2.36. The summed E-state index contributed by atoms with van der Waals surface area (Å²) < 4.78 is 43.6. The highest BCUT2D eigenvalue weighted by Gasteiger charge is 2.37. The largest absolute Gasteiger partial charge is 0.416 e. The molecule has 1 aromatic carbocycles. The van der Waals surface area contributed by atoms with Gasteiger partial charge in [-0.1, -0.05) is 0 Å². The monoisotopic (exact) mass is 389 g/mol. The Balaban J connectivity index is 2.32. The van der Waals surface area contributed by atoms with E-state index in [1.54, 1.807) is 20.8 Å². The third-order valence-corrected chi connectivity index (χ3v) is 4.24. The molecule has 0 radical (unpaired) electrons. The summed E-state index contributed by atoms with van der Waals surface area (Å²) in [4.78, 5) is 24.4. The molecule has 0 saturated carbocycles. The maximum atomic E-state index is 12.8. The number of rotatable bonds is 3. The molecule has 1 aliphatic heterocycles. The van der Waals surface area contributed by atoms with E-state index in [2.05, 4.69) is 5.32 Å². The first kappa shape index (κ1) is 20.9. The van der Waals surface area contributed by atoms with Gasteiger partial charge >= 0.3 is 18.0 Å². The Kier molecular flexibility index (Phi) is 5.98. The van der Waals surface area contributed by atoms with Crippen molar-refractivity contribution in [3.63, 3.8) is 0 Å². The Morgan fingerprint density at radius 2 is 2.00 bits per heavy atom. The van der Waals surface area contributed by atoms with Crippen LogP contribution in [0.2, 0.25) is 0 Å². The molecule has 1 fully saturated rings. The molecular formula is C17H22F3N3O4. The van der Waals surface area contributed by atoms with Crippen LogP contribution >= 0.6 is 0 Å². The van der Waals surface area contributed by atoms with Gasteiger partial charge in [-0.25, -0.2) is 4.79 Å². The van der Waals surface area contributed by atoms with Gasteiger partial charge in [-0.2, -0.15) is 13.2 Å². The van der Waals surface area contributed by atoms with E-state index in [4.69, 9.17) is 4.74 Å². The van der Waals surface area contributed by atoms with E-state index in [1.807, 2.05) is 0 Å². The third-order valence-electron chi connectivity index (χ3n) is 4.24. The number of hydrogen-bond acceptors (Lipinski definition) is 5. The number of carbonyl (C=O) groups excluding carboxylic acids is 1. The molecule has 1 heterocycles. The van der Waals surface area contributed by atoms with Gasteiger partial charge in [0, 0.05) is 24.2 Å². The molecular weight excluding hydrogens is 367 g/mol. The number of nitrogens with one attached hydrogen (secondary N) is 1. The van der Waals surface area contributed by atoms with Gasteiger partial charge in [0.2, 0.25) is 5.75 Å². The Hall–Kier alpha value is -2.36. The highest BCUT2D eigenvalue weighted by atomic mass is 19.4. The van der Waals surface area contributed by atoms with Crippen molar-refractivity contribution < 1.29 is 27.6 Å². The molecule has 10 heteroatoms. The van der Waals surface area contributed by atoms with Crippen molar-refractivity contribution in [2.75, 3.05) is 13.1 Å². The van der Waals surface area contributed by atoms with Crippen LogP contribution in [0.25, 0.3) is 0 Å². The summed E-state index contributed by atoms with van der Waals surface area (Å²) >= 11 is 0. The van der Waals surface area contributed by atoms with Crippen molar-refractivity contribution in [3.05, 3.63) is 33.9 Å². The quantitative estimate of drug-likeness (QED) is 0.625. The Labute approximate surface area is 154 Å². The normalized spacial score (nSPS) is 18.1. The fourth-order valence-corrected chi connectivity index (χ4v) is 3.09. The van der Waals surface area contributed by atoms with Gasteiger partial charge < -0.3 is 10.1 Å². The lowest BCUT2D eigenvalue weighted by Gasteiger charge is -2.42. The van der Waals surface area contributed by atoms with Gasteiger partial charge in [0.25, 0.3) is 0 Å². The first-order valence-corrected chi connectivity index (χ1v) is 8.49.